The molecule has 2 nitrogen and oxygen atoms in total. The van der Waals surface area contributed by atoms with Crippen molar-refractivity contribution in [1.29, 1.82) is 0 Å². The third-order valence-corrected chi connectivity index (χ3v) is 6.57. The lowest BCUT2D eigenvalue weighted by Crippen LogP contribution is -2.05. The summed E-state index contributed by atoms with van der Waals surface area (Å²) in [7, 11) is 6.99. The van der Waals surface area contributed by atoms with Gasteiger partial charge in [-0.3, -0.25) is 4.79 Å². The summed E-state index contributed by atoms with van der Waals surface area (Å²) in [5.74, 6) is 0. The zero-order chi connectivity index (χ0) is 20.7. The average molecular weight is 447 g/mol. The van der Waals surface area contributed by atoms with E-state index >= 15 is 0 Å². The van der Waals surface area contributed by atoms with E-state index in [1.165, 1.54) is 0 Å². The van der Waals surface area contributed by atoms with Crippen molar-refractivity contribution in [2.75, 3.05) is 0 Å². The van der Waals surface area contributed by atoms with Gasteiger partial charge in [-0.05, 0) is 62.6 Å². The molecule has 1 heterocycles. The van der Waals surface area contributed by atoms with E-state index in [0.717, 1.165) is 43.0 Å². The summed E-state index contributed by atoms with van der Waals surface area (Å²) in [6, 6.07) is 27.1. The van der Waals surface area contributed by atoms with Gasteiger partial charge in [0.05, 0.1) is 10.8 Å². The number of halogens is 1. The Morgan fingerprint density at radius 1 is 0.800 bits per heavy atom. The second-order valence-electron chi connectivity index (χ2n) is 6.92. The third-order valence-electron chi connectivity index (χ3n) is 5.14. The summed E-state index contributed by atoms with van der Waals surface area (Å²) in [4.78, 5) is 15.1. The minimum atomic E-state index is -0.0902. The Balaban J connectivity index is 1.97. The van der Waals surface area contributed by atoms with Crippen molar-refractivity contribution in [2.24, 2.45) is 0 Å². The first-order valence-electron chi connectivity index (χ1n) is 9.33. The predicted octanol–water partition coefficient (Wildman–Crippen LogP) is 7.81. The van der Waals surface area contributed by atoms with Crippen LogP contribution in [0, 0.1) is 0 Å². The Hall–Kier alpha value is -2.66. The third kappa shape index (κ3) is 3.21. The molecule has 0 radical (unpaired) electrons. The summed E-state index contributed by atoms with van der Waals surface area (Å²) in [5, 5.41) is 1.03. The zero-order valence-corrected chi connectivity index (χ0v) is 18.1. The van der Waals surface area contributed by atoms with Crippen molar-refractivity contribution in [1.82, 2.24) is 0 Å². The van der Waals surface area contributed by atoms with Gasteiger partial charge >= 0.3 is 0 Å². The molecular weight excluding hydrogens is 432 g/mol. The largest absolute Gasteiger partial charge is 0.456 e. The van der Waals surface area contributed by atoms with E-state index in [2.05, 4.69) is 0 Å². The second kappa shape index (κ2) is 7.88. The van der Waals surface area contributed by atoms with Gasteiger partial charge < -0.3 is 4.42 Å². The highest BCUT2D eigenvalue weighted by Crippen LogP contribution is 2.41. The lowest BCUT2D eigenvalue weighted by Gasteiger charge is -2.15. The molecule has 0 fully saturated rings. The average Bonchev–Trinajstić information content (AvgIpc) is 2.80. The molecule has 146 valence electrons. The quantitative estimate of drug-likeness (QED) is 0.226. The standard InChI is InChI=1S/C25H15ClO2S2/c26-30-17-11-12-20-19(13-17)24(27)23-21(28-20)14-18(15-7-3-1-4-8-15)25(29)22(23)16-9-5-2-6-10-16/h1-14,29H. The van der Waals surface area contributed by atoms with Crippen LogP contribution >= 0.6 is 34.3 Å². The highest BCUT2D eigenvalue weighted by Gasteiger charge is 2.19. The van der Waals surface area contributed by atoms with E-state index in [4.69, 9.17) is 27.7 Å². The summed E-state index contributed by atoms with van der Waals surface area (Å²) in [6.45, 7) is 0. The second-order valence-corrected chi connectivity index (χ2v) is 8.46. The van der Waals surface area contributed by atoms with Crippen LogP contribution in [0.25, 0.3) is 44.2 Å². The molecule has 0 atom stereocenters. The highest BCUT2D eigenvalue weighted by atomic mass is 35.7. The van der Waals surface area contributed by atoms with Crippen molar-refractivity contribution < 1.29 is 4.42 Å². The Morgan fingerprint density at radius 2 is 1.47 bits per heavy atom. The molecule has 5 aromatic rings. The van der Waals surface area contributed by atoms with Crippen LogP contribution in [0.2, 0.25) is 0 Å². The van der Waals surface area contributed by atoms with Gasteiger partial charge in [0, 0.05) is 15.4 Å². The maximum absolute atomic E-state index is 13.6. The van der Waals surface area contributed by atoms with Crippen molar-refractivity contribution in [3.8, 4) is 22.3 Å². The lowest BCUT2D eigenvalue weighted by atomic mass is 9.94. The van der Waals surface area contributed by atoms with E-state index < -0.39 is 0 Å². The fourth-order valence-corrected chi connectivity index (χ4v) is 4.76. The number of thiol groups is 1. The van der Waals surface area contributed by atoms with Crippen molar-refractivity contribution >= 4 is 56.2 Å². The van der Waals surface area contributed by atoms with Crippen LogP contribution in [0.1, 0.15) is 0 Å². The van der Waals surface area contributed by atoms with Crippen LogP contribution in [0.3, 0.4) is 0 Å². The van der Waals surface area contributed by atoms with E-state index in [9.17, 15) is 4.79 Å². The Bertz CT molecular complexity index is 1450. The maximum Gasteiger partial charge on any atom is 0.201 e. The van der Waals surface area contributed by atoms with Crippen LogP contribution in [-0.2, 0) is 0 Å². The minimum absolute atomic E-state index is 0.0902. The molecule has 0 N–H and O–H groups in total. The molecular formula is C25H15ClO2S2. The molecule has 0 aliphatic rings. The molecule has 4 aromatic carbocycles. The Morgan fingerprint density at radius 3 is 2.13 bits per heavy atom. The minimum Gasteiger partial charge on any atom is -0.456 e. The van der Waals surface area contributed by atoms with Crippen LogP contribution in [0.4, 0.5) is 0 Å². The highest BCUT2D eigenvalue weighted by molar-refractivity contribution is 8.21. The summed E-state index contributed by atoms with van der Waals surface area (Å²) in [5.41, 5.74) is 4.60. The van der Waals surface area contributed by atoms with Crippen LogP contribution in [-0.4, -0.2) is 0 Å². The topological polar surface area (TPSA) is 30.2 Å². The molecule has 0 spiro atoms. The molecule has 1 aromatic heterocycles. The molecule has 0 saturated carbocycles. The normalized spacial score (nSPS) is 11.3. The molecule has 5 heteroatoms. The number of hydrogen-bond acceptors (Lipinski definition) is 4. The number of benzene rings is 4. The van der Waals surface area contributed by atoms with Gasteiger partial charge in [-0.15, -0.1) is 12.6 Å². The van der Waals surface area contributed by atoms with Gasteiger partial charge in [0.15, 0.2) is 0 Å². The fourth-order valence-electron chi connectivity index (χ4n) is 3.75. The summed E-state index contributed by atoms with van der Waals surface area (Å²) in [6.07, 6.45) is 0. The summed E-state index contributed by atoms with van der Waals surface area (Å²) < 4.78 is 6.22. The van der Waals surface area contributed by atoms with Gasteiger partial charge in [-0.25, -0.2) is 0 Å². The van der Waals surface area contributed by atoms with E-state index in [1.54, 1.807) is 12.1 Å². The molecule has 0 aliphatic carbocycles. The maximum atomic E-state index is 13.6. The van der Waals surface area contributed by atoms with Gasteiger partial charge in [0.2, 0.25) is 5.43 Å². The molecule has 0 unspecified atom stereocenters. The van der Waals surface area contributed by atoms with Gasteiger partial charge in [-0.1, -0.05) is 60.7 Å². The summed E-state index contributed by atoms with van der Waals surface area (Å²) >= 11 is 4.88. The zero-order valence-electron chi connectivity index (χ0n) is 15.6. The first-order valence-corrected chi connectivity index (χ1v) is 11.4. The molecule has 0 amide bonds. The SMILES string of the molecule is O=c1c2cc(SCl)ccc2oc2cc(-c3ccccc3)c(S)c(-c3ccccc3)c12. The smallest absolute Gasteiger partial charge is 0.201 e. The number of hydrogen-bond donors (Lipinski definition) is 1. The van der Waals surface area contributed by atoms with Crippen LogP contribution in [0.5, 0.6) is 0 Å². The molecule has 0 saturated heterocycles. The fraction of sp³-hybridized carbons (Fsp3) is 0. The van der Waals surface area contributed by atoms with Gasteiger partial charge in [0.25, 0.3) is 0 Å². The van der Waals surface area contributed by atoms with E-state index in [-0.39, 0.29) is 5.43 Å². The molecule has 0 aliphatic heterocycles. The number of fused-ring (bicyclic) bond motifs is 2. The van der Waals surface area contributed by atoms with E-state index in [0.29, 0.717) is 21.9 Å². The first-order chi connectivity index (χ1) is 14.7. The molecule has 5 rings (SSSR count). The Labute approximate surface area is 187 Å². The monoisotopic (exact) mass is 446 g/mol. The van der Waals surface area contributed by atoms with Crippen molar-refractivity contribution in [3.05, 3.63) is 95.2 Å². The van der Waals surface area contributed by atoms with Crippen LogP contribution < -0.4 is 5.43 Å². The number of rotatable bonds is 3. The van der Waals surface area contributed by atoms with Gasteiger partial charge in [-0.2, -0.15) is 0 Å². The van der Waals surface area contributed by atoms with Crippen LogP contribution in [0.15, 0.2) is 104 Å². The van der Waals surface area contributed by atoms with Gasteiger partial charge in [0.1, 0.15) is 11.2 Å². The van der Waals surface area contributed by atoms with Crippen molar-refractivity contribution in [3.63, 3.8) is 0 Å². The van der Waals surface area contributed by atoms with E-state index in [1.807, 2.05) is 72.8 Å². The van der Waals surface area contributed by atoms with Crippen molar-refractivity contribution in [2.45, 2.75) is 9.79 Å². The molecule has 0 bridgehead atoms. The first kappa shape index (κ1) is 19.3. The predicted molar refractivity (Wildman–Crippen MR) is 130 cm³/mol. The Kier molecular flexibility index (Phi) is 5.07. The molecule has 30 heavy (non-hydrogen) atoms. The lowest BCUT2D eigenvalue weighted by molar-refractivity contribution is 0.659.